The van der Waals surface area contributed by atoms with Crippen LogP contribution in [0.3, 0.4) is 0 Å². The number of aromatic nitrogens is 2. The van der Waals surface area contributed by atoms with Crippen molar-refractivity contribution in [1.29, 1.82) is 0 Å². The molecule has 0 unspecified atom stereocenters. The van der Waals surface area contributed by atoms with Gasteiger partial charge in [-0.15, -0.1) is 0 Å². The molecule has 5 aromatic rings. The molecule has 1 heterocycles. The Morgan fingerprint density at radius 2 is 1.49 bits per heavy atom. The molecular weight excluding hydrogens is 462 g/mol. The van der Waals surface area contributed by atoms with Gasteiger partial charge in [-0.1, -0.05) is 72.8 Å². The van der Waals surface area contributed by atoms with Crippen LogP contribution in [0.15, 0.2) is 109 Å². The quantitative estimate of drug-likeness (QED) is 0.290. The topological polar surface area (TPSA) is 86.6 Å². The molecule has 0 aliphatic heterocycles. The van der Waals surface area contributed by atoms with Crippen molar-refractivity contribution in [3.63, 3.8) is 0 Å². The van der Waals surface area contributed by atoms with Gasteiger partial charge in [-0.25, -0.2) is 9.97 Å². The Labute approximate surface area is 215 Å². The number of anilines is 1. The normalized spacial score (nSPS) is 10.7. The average Bonchev–Trinajstić information content (AvgIpc) is 2.93. The second-order valence-corrected chi connectivity index (χ2v) is 8.72. The van der Waals surface area contributed by atoms with E-state index in [2.05, 4.69) is 4.98 Å². The van der Waals surface area contributed by atoms with Crippen molar-refractivity contribution in [2.45, 2.75) is 13.5 Å². The van der Waals surface area contributed by atoms with Crippen molar-refractivity contribution >= 4 is 11.6 Å². The predicted molar refractivity (Wildman–Crippen MR) is 144 cm³/mol. The summed E-state index contributed by atoms with van der Waals surface area (Å²) < 4.78 is 0. The summed E-state index contributed by atoms with van der Waals surface area (Å²) in [5, 5.41) is 20.0. The van der Waals surface area contributed by atoms with Crippen LogP contribution >= 0.6 is 0 Å². The number of phenols is 2. The zero-order chi connectivity index (χ0) is 25.8. The van der Waals surface area contributed by atoms with Crippen LogP contribution in [0.2, 0.25) is 0 Å². The maximum atomic E-state index is 13.6. The number of aryl methyl sites for hydroxylation is 1. The van der Waals surface area contributed by atoms with E-state index in [9.17, 15) is 15.0 Å². The first-order valence-corrected chi connectivity index (χ1v) is 11.9. The molecule has 6 nitrogen and oxygen atoms in total. The van der Waals surface area contributed by atoms with Crippen molar-refractivity contribution in [2.24, 2.45) is 0 Å². The third kappa shape index (κ3) is 5.18. The van der Waals surface area contributed by atoms with Gasteiger partial charge in [0.1, 0.15) is 11.5 Å². The van der Waals surface area contributed by atoms with Crippen molar-refractivity contribution in [2.75, 3.05) is 4.90 Å². The number of carbonyl (C=O) groups excluding carboxylic acids is 1. The van der Waals surface area contributed by atoms with Crippen LogP contribution in [-0.2, 0) is 6.54 Å². The van der Waals surface area contributed by atoms with E-state index in [0.717, 1.165) is 27.9 Å². The first-order chi connectivity index (χ1) is 18.0. The number of hydrogen-bond acceptors (Lipinski definition) is 5. The van der Waals surface area contributed by atoms with Crippen LogP contribution in [0.4, 0.5) is 5.69 Å². The molecule has 0 saturated heterocycles. The summed E-state index contributed by atoms with van der Waals surface area (Å²) >= 11 is 0. The fourth-order valence-electron chi connectivity index (χ4n) is 4.15. The minimum absolute atomic E-state index is 0.108. The third-order valence-electron chi connectivity index (χ3n) is 6.10. The molecule has 2 N–H and O–H groups in total. The fourth-order valence-corrected chi connectivity index (χ4v) is 4.15. The van der Waals surface area contributed by atoms with Gasteiger partial charge < -0.3 is 15.1 Å². The van der Waals surface area contributed by atoms with E-state index in [-0.39, 0.29) is 23.0 Å². The largest absolute Gasteiger partial charge is 0.508 e. The average molecular weight is 488 g/mol. The van der Waals surface area contributed by atoms with E-state index in [4.69, 9.17) is 4.98 Å². The lowest BCUT2D eigenvalue weighted by atomic mass is 10.1. The zero-order valence-electron chi connectivity index (χ0n) is 20.2. The third-order valence-corrected chi connectivity index (χ3v) is 6.10. The minimum Gasteiger partial charge on any atom is -0.508 e. The summed E-state index contributed by atoms with van der Waals surface area (Å²) in [6.45, 7) is 2.28. The van der Waals surface area contributed by atoms with Gasteiger partial charge in [-0.2, -0.15) is 0 Å². The van der Waals surface area contributed by atoms with Gasteiger partial charge in [0, 0.05) is 29.1 Å². The number of hydrogen-bond donors (Lipinski definition) is 2. The Bertz CT molecular complexity index is 1540. The molecule has 0 aliphatic rings. The van der Waals surface area contributed by atoms with Crippen molar-refractivity contribution in [1.82, 2.24) is 9.97 Å². The van der Waals surface area contributed by atoms with Crippen LogP contribution in [0.1, 0.15) is 21.5 Å². The van der Waals surface area contributed by atoms with Crippen LogP contribution < -0.4 is 4.90 Å². The highest BCUT2D eigenvalue weighted by molar-refractivity contribution is 6.08. The Morgan fingerprint density at radius 1 is 0.811 bits per heavy atom. The standard InChI is InChI=1S/C31H25N3O3/c1-21-19-32-30(24-10-6-3-7-11-24)33-29(21)23-12-14-25(15-13-23)34(20-22-8-4-2-5-9-22)31(37)27-17-16-26(35)18-28(27)36/h2-19,35-36H,20H2,1H3. The molecule has 0 bridgehead atoms. The van der Waals surface area contributed by atoms with Crippen LogP contribution in [0.5, 0.6) is 11.5 Å². The number of phenolic OH excluding ortho intramolecular Hbond substituents is 2. The number of nitrogens with zero attached hydrogens (tertiary/aromatic N) is 3. The highest BCUT2D eigenvalue weighted by atomic mass is 16.3. The first kappa shape index (κ1) is 23.8. The lowest BCUT2D eigenvalue weighted by Crippen LogP contribution is -2.30. The van der Waals surface area contributed by atoms with Gasteiger partial charge in [-0.05, 0) is 42.3 Å². The van der Waals surface area contributed by atoms with Gasteiger partial charge in [0.25, 0.3) is 5.91 Å². The lowest BCUT2D eigenvalue weighted by molar-refractivity contribution is 0.0982. The Kier molecular flexibility index (Phi) is 6.64. The summed E-state index contributed by atoms with van der Waals surface area (Å²) in [5.41, 5.74) is 5.32. The van der Waals surface area contributed by atoms with Gasteiger partial charge in [-0.3, -0.25) is 4.79 Å². The highest BCUT2D eigenvalue weighted by Crippen LogP contribution is 2.30. The maximum absolute atomic E-state index is 13.6. The molecule has 0 radical (unpaired) electrons. The number of carbonyl (C=O) groups is 1. The number of benzene rings is 4. The van der Waals surface area contributed by atoms with E-state index in [1.165, 1.54) is 18.2 Å². The molecule has 6 heteroatoms. The highest BCUT2D eigenvalue weighted by Gasteiger charge is 2.22. The molecule has 182 valence electrons. The molecule has 5 rings (SSSR count). The number of amides is 1. The van der Waals surface area contributed by atoms with Gasteiger partial charge >= 0.3 is 0 Å². The van der Waals surface area contributed by atoms with Gasteiger partial charge in [0.05, 0.1) is 17.8 Å². The number of rotatable bonds is 6. The Balaban J connectivity index is 1.51. The molecular formula is C31H25N3O3. The van der Waals surface area contributed by atoms with Crippen LogP contribution in [0, 0.1) is 6.92 Å². The second kappa shape index (κ2) is 10.3. The number of aromatic hydroxyl groups is 2. The summed E-state index contributed by atoms with van der Waals surface area (Å²) in [4.78, 5) is 24.5. The monoisotopic (exact) mass is 487 g/mol. The predicted octanol–water partition coefficient (Wildman–Crippen LogP) is 6.38. The Morgan fingerprint density at radius 3 is 2.16 bits per heavy atom. The van der Waals surface area contributed by atoms with Crippen molar-refractivity contribution in [3.8, 4) is 34.1 Å². The maximum Gasteiger partial charge on any atom is 0.262 e. The van der Waals surface area contributed by atoms with E-state index < -0.39 is 0 Å². The van der Waals surface area contributed by atoms with E-state index in [1.807, 2.05) is 98.0 Å². The molecule has 1 amide bonds. The van der Waals surface area contributed by atoms with E-state index in [0.29, 0.717) is 18.1 Å². The summed E-state index contributed by atoms with van der Waals surface area (Å²) in [6.07, 6.45) is 1.82. The van der Waals surface area contributed by atoms with E-state index >= 15 is 0 Å². The summed E-state index contributed by atoms with van der Waals surface area (Å²) in [6, 6.07) is 31.1. The lowest BCUT2D eigenvalue weighted by Gasteiger charge is -2.24. The fraction of sp³-hybridized carbons (Fsp3) is 0.0645. The first-order valence-electron chi connectivity index (χ1n) is 11.9. The zero-order valence-corrected chi connectivity index (χ0v) is 20.2. The Hall–Kier alpha value is -4.97. The second-order valence-electron chi connectivity index (χ2n) is 8.72. The smallest absolute Gasteiger partial charge is 0.262 e. The SMILES string of the molecule is Cc1cnc(-c2ccccc2)nc1-c1ccc(N(Cc2ccccc2)C(=O)c2ccc(O)cc2O)cc1. The summed E-state index contributed by atoms with van der Waals surface area (Å²) in [5.74, 6) is -0.111. The van der Waals surface area contributed by atoms with Gasteiger partial charge in [0.2, 0.25) is 0 Å². The minimum atomic E-state index is -0.376. The summed E-state index contributed by atoms with van der Waals surface area (Å²) in [7, 11) is 0. The van der Waals surface area contributed by atoms with Gasteiger partial charge in [0.15, 0.2) is 5.82 Å². The molecule has 0 saturated carbocycles. The molecule has 37 heavy (non-hydrogen) atoms. The molecule has 0 spiro atoms. The molecule has 0 aliphatic carbocycles. The van der Waals surface area contributed by atoms with Crippen molar-refractivity contribution in [3.05, 3.63) is 126 Å². The van der Waals surface area contributed by atoms with Crippen LogP contribution in [0.25, 0.3) is 22.6 Å². The van der Waals surface area contributed by atoms with E-state index in [1.54, 1.807) is 4.90 Å². The van der Waals surface area contributed by atoms with Crippen molar-refractivity contribution < 1.29 is 15.0 Å². The van der Waals surface area contributed by atoms with Crippen LogP contribution in [-0.4, -0.2) is 26.1 Å². The molecule has 0 atom stereocenters. The molecule has 0 fully saturated rings. The molecule has 1 aromatic heterocycles. The molecule has 4 aromatic carbocycles.